The molecule has 7 rings (SSSR count). The average molecular weight is 788 g/mol. The van der Waals surface area contributed by atoms with Crippen molar-refractivity contribution in [1.29, 1.82) is 0 Å². The van der Waals surface area contributed by atoms with Crippen LogP contribution in [0.5, 0.6) is 0 Å². The topological polar surface area (TPSA) is 25.8 Å². The molecule has 5 aromatic carbocycles. The van der Waals surface area contributed by atoms with Gasteiger partial charge in [-0.1, -0.05) is 129 Å². The first kappa shape index (κ1) is 29.5. The van der Waals surface area contributed by atoms with Crippen molar-refractivity contribution in [3.63, 3.8) is 0 Å². The Morgan fingerprint density at radius 2 is 1.32 bits per heavy atom. The van der Waals surface area contributed by atoms with Gasteiger partial charge in [0.05, 0.1) is 0 Å². The molecular weight excluding hydrogens is 749 g/mol. The van der Waals surface area contributed by atoms with E-state index < -0.39 is 12.3 Å². The SMILES string of the molecule is [2H]C(C)(C)c1c[c-]c(-c2cc(C([2H])([2H])c3ccccc3)c(-c3ccccc3)cn2)cc1.[Ir].[c-]1ccc(-c2ccccc2)cc1-c1ccccn1. The molecule has 0 aliphatic carbocycles. The number of hydrogen-bond acceptors (Lipinski definition) is 2. The summed E-state index contributed by atoms with van der Waals surface area (Å²) in [6.45, 7) is 3.69. The van der Waals surface area contributed by atoms with Gasteiger partial charge in [0.25, 0.3) is 0 Å². The average Bonchev–Trinajstić information content (AvgIpc) is 3.16. The van der Waals surface area contributed by atoms with E-state index in [0.29, 0.717) is 16.8 Å². The van der Waals surface area contributed by atoms with Crippen LogP contribution in [0.4, 0.5) is 0 Å². The summed E-state index contributed by atoms with van der Waals surface area (Å²) in [5, 5.41) is 0. The Labute approximate surface area is 296 Å². The number of aromatic nitrogens is 2. The van der Waals surface area contributed by atoms with Crippen molar-refractivity contribution >= 4 is 0 Å². The molecule has 47 heavy (non-hydrogen) atoms. The Kier molecular flexibility index (Phi) is 10.4. The van der Waals surface area contributed by atoms with Gasteiger partial charge in [0.15, 0.2) is 0 Å². The van der Waals surface area contributed by atoms with Crippen molar-refractivity contribution in [2.24, 2.45) is 0 Å². The summed E-state index contributed by atoms with van der Waals surface area (Å²) in [4.78, 5) is 8.99. The second kappa shape index (κ2) is 16.6. The van der Waals surface area contributed by atoms with Crippen LogP contribution in [0.15, 0.2) is 164 Å². The molecule has 0 N–H and O–H groups in total. The summed E-state index contributed by atoms with van der Waals surface area (Å²) < 4.78 is 26.2. The molecule has 0 amide bonds. The van der Waals surface area contributed by atoms with Gasteiger partial charge in [0.2, 0.25) is 0 Å². The summed E-state index contributed by atoms with van der Waals surface area (Å²) in [5.74, 6) is -0.699. The minimum atomic E-state index is -1.70. The van der Waals surface area contributed by atoms with Gasteiger partial charge in [0.1, 0.15) is 0 Å². The number of rotatable bonds is 7. The van der Waals surface area contributed by atoms with E-state index in [4.69, 9.17) is 4.11 Å². The monoisotopic (exact) mass is 788 g/mol. The van der Waals surface area contributed by atoms with Gasteiger partial charge in [-0.2, -0.15) is 0 Å². The van der Waals surface area contributed by atoms with E-state index in [1.165, 1.54) is 11.1 Å². The third-order valence-corrected chi connectivity index (χ3v) is 7.56. The maximum absolute atomic E-state index is 8.98. The second-order valence-corrected chi connectivity index (χ2v) is 11.0. The zero-order chi connectivity index (χ0) is 34.3. The van der Waals surface area contributed by atoms with Crippen LogP contribution in [0, 0.1) is 12.1 Å². The van der Waals surface area contributed by atoms with E-state index in [2.05, 4.69) is 46.4 Å². The zero-order valence-corrected chi connectivity index (χ0v) is 28.7. The Bertz CT molecular complexity index is 2050. The molecule has 0 saturated heterocycles. The quantitative estimate of drug-likeness (QED) is 0.150. The molecule has 0 spiro atoms. The third kappa shape index (κ3) is 8.86. The van der Waals surface area contributed by atoms with Gasteiger partial charge in [-0.3, -0.25) is 0 Å². The second-order valence-electron chi connectivity index (χ2n) is 11.0. The molecule has 0 aliphatic rings. The summed E-state index contributed by atoms with van der Waals surface area (Å²) in [6, 6.07) is 55.3. The summed E-state index contributed by atoms with van der Waals surface area (Å²) in [7, 11) is 0. The summed E-state index contributed by atoms with van der Waals surface area (Å²) in [6.07, 6.45) is 1.85. The first-order valence-corrected chi connectivity index (χ1v) is 15.3. The molecule has 0 unspecified atom stereocenters. The smallest absolute Gasteiger partial charge is 0.0366 e. The van der Waals surface area contributed by atoms with E-state index >= 15 is 0 Å². The van der Waals surface area contributed by atoms with Crippen molar-refractivity contribution < 1.29 is 24.2 Å². The van der Waals surface area contributed by atoms with Crippen LogP contribution in [-0.4, -0.2) is 9.97 Å². The Morgan fingerprint density at radius 1 is 0.638 bits per heavy atom. The molecule has 233 valence electrons. The van der Waals surface area contributed by atoms with Crippen molar-refractivity contribution in [1.82, 2.24) is 9.97 Å². The van der Waals surface area contributed by atoms with Gasteiger partial charge in [-0.05, 0) is 46.1 Å². The molecule has 1 radical (unpaired) electrons. The van der Waals surface area contributed by atoms with Crippen LogP contribution in [0.2, 0.25) is 0 Å². The normalized spacial score (nSPS) is 11.9. The van der Waals surface area contributed by atoms with Gasteiger partial charge in [0, 0.05) is 42.2 Å². The minimum absolute atomic E-state index is 0. The van der Waals surface area contributed by atoms with E-state index in [1.807, 2.05) is 141 Å². The Hall–Kier alpha value is -4.95. The van der Waals surface area contributed by atoms with Crippen LogP contribution in [0.1, 0.15) is 40.5 Å². The van der Waals surface area contributed by atoms with Crippen LogP contribution >= 0.6 is 0 Å². The number of nitrogens with zero attached hydrogens (tertiary/aromatic N) is 2. The van der Waals surface area contributed by atoms with Crippen LogP contribution in [-0.2, 0) is 26.5 Å². The van der Waals surface area contributed by atoms with Crippen molar-refractivity contribution in [2.45, 2.75) is 26.1 Å². The molecule has 2 nitrogen and oxygen atoms in total. The fourth-order valence-electron chi connectivity index (χ4n) is 5.07. The Morgan fingerprint density at radius 3 is 1.96 bits per heavy atom. The maximum Gasteiger partial charge on any atom is 0.0366 e. The first-order valence-electron chi connectivity index (χ1n) is 16.8. The van der Waals surface area contributed by atoms with Crippen molar-refractivity contribution in [3.05, 3.63) is 193 Å². The molecule has 2 aromatic heterocycles. The number of hydrogen-bond donors (Lipinski definition) is 0. The zero-order valence-electron chi connectivity index (χ0n) is 29.3. The van der Waals surface area contributed by atoms with E-state index in [1.54, 1.807) is 12.4 Å². The van der Waals surface area contributed by atoms with Crippen LogP contribution in [0.25, 0.3) is 44.8 Å². The molecule has 0 aliphatic heterocycles. The van der Waals surface area contributed by atoms with Gasteiger partial charge in [-0.15, -0.1) is 70.8 Å². The maximum atomic E-state index is 8.98. The molecule has 0 bridgehead atoms. The predicted molar refractivity (Wildman–Crippen MR) is 191 cm³/mol. The van der Waals surface area contributed by atoms with Gasteiger partial charge in [-0.25, -0.2) is 0 Å². The molecule has 2 heterocycles. The first-order chi connectivity index (χ1) is 23.7. The van der Waals surface area contributed by atoms with Crippen molar-refractivity contribution in [3.8, 4) is 44.8 Å². The van der Waals surface area contributed by atoms with E-state index in [-0.39, 0.29) is 20.1 Å². The fourth-order valence-corrected chi connectivity index (χ4v) is 5.07. The third-order valence-electron chi connectivity index (χ3n) is 7.56. The van der Waals surface area contributed by atoms with Gasteiger partial charge >= 0.3 is 0 Å². The molecule has 3 heteroatoms. The van der Waals surface area contributed by atoms with Gasteiger partial charge < -0.3 is 9.97 Å². The summed E-state index contributed by atoms with van der Waals surface area (Å²) in [5.41, 5.74) is 9.53. The molecule has 0 fully saturated rings. The van der Waals surface area contributed by atoms with Crippen molar-refractivity contribution in [2.75, 3.05) is 0 Å². The Balaban J connectivity index is 0.000000217. The molecule has 0 atom stereocenters. The molecule has 7 aromatic rings. The van der Waals surface area contributed by atoms with Crippen LogP contribution < -0.4 is 0 Å². The predicted octanol–water partition coefficient (Wildman–Crippen LogP) is 11.1. The standard InChI is InChI=1S/C27H24N.C17H12N.Ir/c1-20(2)22-13-15-24(16-14-22)27-18-25(17-21-9-5-3-6-10-21)26(19-28-27)23-11-7-4-8-12-23;1-2-7-14(8-3-1)15-9-6-10-16(13-15)17-11-4-5-12-18-17;/h3-15,18-20H,17H2,1-2H3;1-9,11-13H;/q2*-1;/i17D2,20D;;. The largest absolute Gasteiger partial charge is 0.305 e. The molecular formula is C44H36IrN2-2. The number of benzene rings is 5. The van der Waals surface area contributed by atoms with E-state index in [0.717, 1.165) is 33.5 Å². The fraction of sp³-hybridized carbons (Fsp3) is 0.0909. The number of pyridine rings is 2. The summed E-state index contributed by atoms with van der Waals surface area (Å²) >= 11 is 0. The van der Waals surface area contributed by atoms with E-state index in [9.17, 15) is 0 Å². The van der Waals surface area contributed by atoms with Crippen LogP contribution in [0.3, 0.4) is 0 Å². The minimum Gasteiger partial charge on any atom is -0.305 e. The molecule has 0 saturated carbocycles.